The fourth-order valence-corrected chi connectivity index (χ4v) is 3.91. The van der Waals surface area contributed by atoms with Crippen molar-refractivity contribution < 1.29 is 37.4 Å². The summed E-state index contributed by atoms with van der Waals surface area (Å²) < 4.78 is 27.7. The molecule has 0 aliphatic rings. The topological polar surface area (TPSA) is 60.3 Å². The van der Waals surface area contributed by atoms with Crippen LogP contribution in [0.1, 0.15) is 22.4 Å². The van der Waals surface area contributed by atoms with E-state index in [2.05, 4.69) is 9.71 Å². The molecule has 0 bridgehead atoms. The molecule has 0 aliphatic heterocycles. The molecule has 2 N–H and O–H groups in total. The van der Waals surface area contributed by atoms with E-state index in [1.54, 1.807) is 12.1 Å². The Morgan fingerprint density at radius 2 is 1.57 bits per heavy atom. The monoisotopic (exact) mass is 418 g/mol. The van der Waals surface area contributed by atoms with E-state index in [4.69, 9.17) is 0 Å². The molecule has 114 valence electrons. The first kappa shape index (κ1) is 17.9. The molecule has 0 amide bonds. The molecular formula is C15H19IN2O2S. The molecule has 0 fully saturated rings. The summed E-state index contributed by atoms with van der Waals surface area (Å²) in [7, 11) is -3.59. The van der Waals surface area contributed by atoms with Gasteiger partial charge in [0.1, 0.15) is 4.90 Å². The zero-order valence-corrected chi connectivity index (χ0v) is 15.5. The highest BCUT2D eigenvalue weighted by Crippen LogP contribution is 2.23. The Bertz CT molecular complexity index is 735. The molecule has 0 saturated carbocycles. The molecule has 0 radical (unpaired) electrons. The molecule has 1 heterocycles. The maximum absolute atomic E-state index is 12.5. The number of H-pyrrole nitrogens is 1. The van der Waals surface area contributed by atoms with Crippen LogP contribution in [0.15, 0.2) is 35.2 Å². The van der Waals surface area contributed by atoms with Gasteiger partial charge in [-0.15, -0.1) is 0 Å². The third-order valence-electron chi connectivity index (χ3n) is 3.06. The van der Waals surface area contributed by atoms with Crippen LogP contribution in [0.5, 0.6) is 0 Å². The van der Waals surface area contributed by atoms with E-state index in [0.29, 0.717) is 10.7 Å². The average Bonchev–Trinajstić information content (AvgIpc) is 2.25. The van der Waals surface area contributed by atoms with Gasteiger partial charge in [0.25, 0.3) is 5.82 Å². The Kier molecular flexibility index (Phi) is 5.75. The van der Waals surface area contributed by atoms with Crippen molar-refractivity contribution in [2.45, 2.75) is 32.6 Å². The molecule has 1 aromatic carbocycles. The summed E-state index contributed by atoms with van der Waals surface area (Å²) in [6.07, 6.45) is 0. The van der Waals surface area contributed by atoms with Gasteiger partial charge in [0.05, 0.1) is 5.69 Å². The summed E-state index contributed by atoms with van der Waals surface area (Å²) in [5.74, 6) is 0.462. The number of anilines is 1. The summed E-state index contributed by atoms with van der Waals surface area (Å²) in [5.41, 5.74) is 3.45. The third kappa shape index (κ3) is 4.16. The summed E-state index contributed by atoms with van der Waals surface area (Å²) >= 11 is 0. The molecule has 21 heavy (non-hydrogen) atoms. The number of sulfonamides is 1. The third-order valence-corrected chi connectivity index (χ3v) is 4.73. The number of hydrogen-bond acceptors (Lipinski definition) is 2. The minimum atomic E-state index is -3.59. The van der Waals surface area contributed by atoms with Crippen molar-refractivity contribution in [3.63, 3.8) is 0 Å². The number of benzene rings is 1. The molecule has 0 atom stereocenters. The van der Waals surface area contributed by atoms with Crippen LogP contribution in [0.3, 0.4) is 0 Å². The highest BCUT2D eigenvalue weighted by Gasteiger charge is 2.24. The van der Waals surface area contributed by atoms with Crippen LogP contribution < -0.4 is 33.7 Å². The first-order valence-corrected chi connectivity index (χ1v) is 7.87. The van der Waals surface area contributed by atoms with Gasteiger partial charge in [0.15, 0.2) is 0 Å². The van der Waals surface area contributed by atoms with E-state index in [0.717, 1.165) is 22.4 Å². The first-order chi connectivity index (χ1) is 9.29. The van der Waals surface area contributed by atoms with E-state index in [-0.39, 0.29) is 24.0 Å². The highest BCUT2D eigenvalue weighted by atomic mass is 127. The van der Waals surface area contributed by atoms with Crippen LogP contribution in [0.2, 0.25) is 0 Å². The standard InChI is InChI=1S/C15H18N2O2S.HI/c1-10-8-11(2)15(12(3)9-10)20(18,19)17-14-7-5-6-13(4)16-14;/h5-9H,1-4H3,(H,16,17);1H. The smallest absolute Gasteiger partial charge is 0.329 e. The molecule has 0 unspecified atom stereocenters. The second-order valence-corrected chi connectivity index (χ2v) is 6.70. The largest absolute Gasteiger partial charge is 1.00 e. The van der Waals surface area contributed by atoms with Crippen LogP contribution in [0.25, 0.3) is 0 Å². The van der Waals surface area contributed by atoms with Crippen LogP contribution in [-0.4, -0.2) is 8.42 Å². The summed E-state index contributed by atoms with van der Waals surface area (Å²) in [6.45, 7) is 7.46. The molecule has 4 nitrogen and oxygen atoms in total. The van der Waals surface area contributed by atoms with Crippen LogP contribution in [0, 0.1) is 27.7 Å². The number of aromatic nitrogens is 1. The Hall–Kier alpha value is -1.15. The van der Waals surface area contributed by atoms with Crippen LogP contribution >= 0.6 is 0 Å². The number of pyridine rings is 1. The first-order valence-electron chi connectivity index (χ1n) is 6.39. The van der Waals surface area contributed by atoms with Crippen molar-refractivity contribution in [1.29, 1.82) is 0 Å². The molecular weight excluding hydrogens is 399 g/mol. The van der Waals surface area contributed by atoms with Gasteiger partial charge in [-0.05, 0) is 44.9 Å². The predicted octanol–water partition coefficient (Wildman–Crippen LogP) is -0.461. The van der Waals surface area contributed by atoms with E-state index >= 15 is 0 Å². The number of rotatable bonds is 3. The van der Waals surface area contributed by atoms with Crippen molar-refractivity contribution in [3.05, 3.63) is 52.7 Å². The Labute approximate surface area is 143 Å². The lowest BCUT2D eigenvalue weighted by Crippen LogP contribution is -3.00. The van der Waals surface area contributed by atoms with Crippen molar-refractivity contribution in [3.8, 4) is 0 Å². The van der Waals surface area contributed by atoms with E-state index < -0.39 is 10.0 Å². The van der Waals surface area contributed by atoms with Gasteiger partial charge >= 0.3 is 10.0 Å². The summed E-state index contributed by atoms with van der Waals surface area (Å²) in [4.78, 5) is 3.34. The molecule has 1 aromatic heterocycles. The van der Waals surface area contributed by atoms with Gasteiger partial charge in [0.2, 0.25) is 0 Å². The normalized spacial score (nSPS) is 10.9. The fraction of sp³-hybridized carbons (Fsp3) is 0.267. The van der Waals surface area contributed by atoms with Crippen molar-refractivity contribution in [1.82, 2.24) is 0 Å². The van der Waals surface area contributed by atoms with E-state index in [1.807, 2.05) is 45.9 Å². The molecule has 0 spiro atoms. The van der Waals surface area contributed by atoms with Gasteiger partial charge in [0, 0.05) is 6.07 Å². The lowest BCUT2D eigenvalue weighted by atomic mass is 10.1. The van der Waals surface area contributed by atoms with Gasteiger partial charge in [-0.1, -0.05) is 23.8 Å². The second kappa shape index (κ2) is 6.74. The maximum Gasteiger partial charge on any atom is 0.329 e. The fourth-order valence-electron chi connectivity index (χ4n) is 2.43. The van der Waals surface area contributed by atoms with Gasteiger partial charge in [-0.2, -0.15) is 13.1 Å². The number of hydrogen-bond donors (Lipinski definition) is 1. The number of aryl methyl sites for hydroxylation is 4. The minimum absolute atomic E-state index is 0. The summed E-state index contributed by atoms with van der Waals surface area (Å²) in [6, 6.07) is 9.13. The van der Waals surface area contributed by atoms with E-state index in [9.17, 15) is 8.42 Å². The van der Waals surface area contributed by atoms with Gasteiger partial charge in [-0.3, -0.25) is 0 Å². The Morgan fingerprint density at radius 1 is 1.00 bits per heavy atom. The van der Waals surface area contributed by atoms with Crippen molar-refractivity contribution in [2.24, 2.45) is 0 Å². The SMILES string of the molecule is Cc1cc(C)c(S(=O)(=O)Nc2cccc(C)[nH+]2)c(C)c1.[I-]. The molecule has 2 aromatic rings. The van der Waals surface area contributed by atoms with E-state index in [1.165, 1.54) is 0 Å². The number of halogens is 1. The van der Waals surface area contributed by atoms with Crippen molar-refractivity contribution >= 4 is 15.8 Å². The van der Waals surface area contributed by atoms with Gasteiger partial charge in [-0.25, -0.2) is 4.98 Å². The maximum atomic E-state index is 12.5. The summed E-state index contributed by atoms with van der Waals surface area (Å²) in [5, 5.41) is 0. The predicted molar refractivity (Wildman–Crippen MR) is 79.2 cm³/mol. The lowest BCUT2D eigenvalue weighted by Gasteiger charge is -2.10. The number of nitrogens with one attached hydrogen (secondary N) is 2. The zero-order valence-electron chi connectivity index (χ0n) is 12.5. The quantitative estimate of drug-likeness (QED) is 0.686. The molecule has 0 saturated heterocycles. The highest BCUT2D eigenvalue weighted by molar-refractivity contribution is 7.92. The zero-order chi connectivity index (χ0) is 14.9. The van der Waals surface area contributed by atoms with Crippen molar-refractivity contribution in [2.75, 3.05) is 4.72 Å². The Morgan fingerprint density at radius 3 is 2.10 bits per heavy atom. The molecule has 2 rings (SSSR count). The van der Waals surface area contributed by atoms with Crippen LogP contribution in [-0.2, 0) is 10.0 Å². The molecule has 0 aliphatic carbocycles. The lowest BCUT2D eigenvalue weighted by molar-refractivity contribution is -0.370. The van der Waals surface area contributed by atoms with Crippen LogP contribution in [0.4, 0.5) is 5.82 Å². The molecule has 6 heteroatoms. The second-order valence-electron chi connectivity index (χ2n) is 5.08. The number of aromatic amines is 1. The Balaban J connectivity index is 0.00000220. The van der Waals surface area contributed by atoms with Gasteiger partial charge < -0.3 is 24.0 Å². The average molecular weight is 418 g/mol. The minimum Gasteiger partial charge on any atom is -1.00 e.